The van der Waals surface area contributed by atoms with E-state index in [2.05, 4.69) is 15.7 Å². The second kappa shape index (κ2) is 7.80. The summed E-state index contributed by atoms with van der Waals surface area (Å²) in [7, 11) is 0. The van der Waals surface area contributed by atoms with Crippen LogP contribution in [0.2, 0.25) is 5.02 Å². The van der Waals surface area contributed by atoms with E-state index >= 15 is 0 Å². The van der Waals surface area contributed by atoms with Gasteiger partial charge >= 0.3 is 0 Å². The number of hydrogen-bond acceptors (Lipinski definition) is 2. The molecule has 2 aromatic carbocycles. The summed E-state index contributed by atoms with van der Waals surface area (Å²) < 4.78 is 28.7. The summed E-state index contributed by atoms with van der Waals surface area (Å²) in [6.45, 7) is 2.18. The molecular weight excluding hydrogens is 378 g/mol. The number of benzene rings is 2. The van der Waals surface area contributed by atoms with Crippen LogP contribution >= 0.6 is 23.8 Å². The van der Waals surface area contributed by atoms with Crippen molar-refractivity contribution in [3.63, 3.8) is 0 Å². The lowest BCUT2D eigenvalue weighted by Gasteiger charge is -2.09. The van der Waals surface area contributed by atoms with Crippen molar-refractivity contribution in [3.8, 4) is 0 Å². The predicted octanol–water partition coefficient (Wildman–Crippen LogP) is 4.98. The van der Waals surface area contributed by atoms with Gasteiger partial charge in [-0.2, -0.15) is 5.10 Å². The lowest BCUT2D eigenvalue weighted by Crippen LogP contribution is -2.19. The molecule has 1 heterocycles. The van der Waals surface area contributed by atoms with Gasteiger partial charge in [-0.05, 0) is 43.4 Å². The average molecular weight is 393 g/mol. The van der Waals surface area contributed by atoms with E-state index in [1.807, 2.05) is 6.92 Å². The third-order valence-electron chi connectivity index (χ3n) is 3.68. The maximum Gasteiger partial charge on any atom is 0.176 e. The normalized spacial score (nSPS) is 10.6. The number of nitrogens with zero attached hydrogens (tertiary/aromatic N) is 2. The highest BCUT2D eigenvalue weighted by molar-refractivity contribution is 7.80. The molecule has 0 amide bonds. The van der Waals surface area contributed by atoms with Gasteiger partial charge in [0.1, 0.15) is 11.6 Å². The van der Waals surface area contributed by atoms with Crippen molar-refractivity contribution in [1.29, 1.82) is 0 Å². The molecule has 0 aliphatic heterocycles. The molecular formula is C18H15ClF2N4S. The number of anilines is 2. The van der Waals surface area contributed by atoms with E-state index in [9.17, 15) is 8.78 Å². The van der Waals surface area contributed by atoms with Crippen LogP contribution in [-0.2, 0) is 6.54 Å². The number of halogens is 3. The predicted molar refractivity (Wildman–Crippen MR) is 104 cm³/mol. The number of aryl methyl sites for hydroxylation is 1. The van der Waals surface area contributed by atoms with Gasteiger partial charge in [-0.15, -0.1) is 0 Å². The monoisotopic (exact) mass is 392 g/mol. The highest BCUT2D eigenvalue weighted by atomic mass is 35.5. The summed E-state index contributed by atoms with van der Waals surface area (Å²) in [5.41, 5.74) is 1.95. The van der Waals surface area contributed by atoms with Gasteiger partial charge in [-0.25, -0.2) is 8.78 Å². The molecule has 0 bridgehead atoms. The van der Waals surface area contributed by atoms with Crippen molar-refractivity contribution in [3.05, 3.63) is 76.4 Å². The molecule has 134 valence electrons. The molecule has 26 heavy (non-hydrogen) atoms. The molecule has 0 aliphatic rings. The number of nitrogens with one attached hydrogen (secondary N) is 2. The van der Waals surface area contributed by atoms with Gasteiger partial charge in [-0.1, -0.05) is 29.8 Å². The van der Waals surface area contributed by atoms with E-state index < -0.39 is 5.82 Å². The van der Waals surface area contributed by atoms with E-state index in [-0.39, 0.29) is 16.0 Å². The molecule has 4 nitrogen and oxygen atoms in total. The van der Waals surface area contributed by atoms with Crippen LogP contribution in [0, 0.1) is 18.6 Å². The maximum absolute atomic E-state index is 13.8. The molecule has 0 atom stereocenters. The number of aromatic nitrogens is 2. The zero-order valence-electron chi connectivity index (χ0n) is 13.8. The van der Waals surface area contributed by atoms with Crippen LogP contribution in [0.15, 0.2) is 48.5 Å². The molecule has 0 radical (unpaired) electrons. The molecule has 3 rings (SSSR count). The fourth-order valence-electron chi connectivity index (χ4n) is 2.37. The summed E-state index contributed by atoms with van der Waals surface area (Å²) in [5, 5.41) is 10.5. The van der Waals surface area contributed by atoms with E-state index in [0.717, 1.165) is 5.69 Å². The number of thiocarbonyl (C=S) groups is 1. The number of hydrogen-bond donors (Lipinski definition) is 2. The largest absolute Gasteiger partial charge is 0.332 e. The Balaban J connectivity index is 1.67. The van der Waals surface area contributed by atoms with Crippen molar-refractivity contribution < 1.29 is 8.78 Å². The van der Waals surface area contributed by atoms with Crippen LogP contribution in [0.3, 0.4) is 0 Å². The Hall–Kier alpha value is -2.51. The van der Waals surface area contributed by atoms with Crippen LogP contribution in [0.1, 0.15) is 11.3 Å². The Labute approximate surface area is 159 Å². The van der Waals surface area contributed by atoms with Crippen LogP contribution in [-0.4, -0.2) is 14.9 Å². The highest BCUT2D eigenvalue weighted by Gasteiger charge is 2.09. The Kier molecular flexibility index (Phi) is 5.49. The van der Waals surface area contributed by atoms with Gasteiger partial charge in [0.15, 0.2) is 10.9 Å². The van der Waals surface area contributed by atoms with Gasteiger partial charge in [-0.3, -0.25) is 4.68 Å². The summed E-state index contributed by atoms with van der Waals surface area (Å²) in [5.74, 6) is -0.259. The first-order valence-electron chi connectivity index (χ1n) is 7.73. The minimum Gasteiger partial charge on any atom is -0.332 e. The SMILES string of the molecule is Cc1cc(NC(=S)Nc2ccc(F)c(Cl)c2)nn1Cc1ccccc1F. The second-order valence-corrected chi connectivity index (χ2v) is 6.44. The third-order valence-corrected chi connectivity index (χ3v) is 4.17. The minimum absolute atomic E-state index is 0.00260. The van der Waals surface area contributed by atoms with Crippen molar-refractivity contribution in [2.45, 2.75) is 13.5 Å². The second-order valence-electron chi connectivity index (χ2n) is 5.63. The first-order valence-corrected chi connectivity index (χ1v) is 8.52. The van der Waals surface area contributed by atoms with Crippen LogP contribution in [0.5, 0.6) is 0 Å². The summed E-state index contributed by atoms with van der Waals surface area (Å²) in [6.07, 6.45) is 0. The quantitative estimate of drug-likeness (QED) is 0.614. The van der Waals surface area contributed by atoms with Crippen LogP contribution < -0.4 is 10.6 Å². The van der Waals surface area contributed by atoms with Crippen LogP contribution in [0.4, 0.5) is 20.3 Å². The highest BCUT2D eigenvalue weighted by Crippen LogP contribution is 2.20. The molecule has 0 aliphatic carbocycles. The standard InChI is InChI=1S/C18H15ClF2N4S/c1-11-8-17(24-25(11)10-12-4-2-3-5-15(12)20)23-18(26)22-13-6-7-16(21)14(19)9-13/h2-9H,10H2,1H3,(H2,22,23,24,26). The van der Waals surface area contributed by atoms with E-state index in [0.29, 0.717) is 23.6 Å². The number of rotatable bonds is 4. The third kappa shape index (κ3) is 4.36. The van der Waals surface area contributed by atoms with Crippen LogP contribution in [0.25, 0.3) is 0 Å². The average Bonchev–Trinajstić information content (AvgIpc) is 2.92. The van der Waals surface area contributed by atoms with Crippen molar-refractivity contribution in [2.75, 3.05) is 10.6 Å². The van der Waals surface area contributed by atoms with Gasteiger partial charge in [0, 0.05) is 23.0 Å². The lowest BCUT2D eigenvalue weighted by atomic mass is 10.2. The molecule has 1 aromatic heterocycles. The summed E-state index contributed by atoms with van der Waals surface area (Å²) >= 11 is 11.0. The van der Waals surface area contributed by atoms with Crippen molar-refractivity contribution in [2.24, 2.45) is 0 Å². The molecule has 0 spiro atoms. The first kappa shape index (κ1) is 18.3. The summed E-state index contributed by atoms with van der Waals surface area (Å²) in [6, 6.07) is 12.6. The van der Waals surface area contributed by atoms with Gasteiger partial charge in [0.05, 0.1) is 11.6 Å². The minimum atomic E-state index is -0.501. The zero-order valence-corrected chi connectivity index (χ0v) is 15.3. The molecule has 2 N–H and O–H groups in total. The Morgan fingerprint density at radius 3 is 2.62 bits per heavy atom. The molecule has 0 saturated carbocycles. The molecule has 0 fully saturated rings. The smallest absolute Gasteiger partial charge is 0.176 e. The summed E-state index contributed by atoms with van der Waals surface area (Å²) in [4.78, 5) is 0. The van der Waals surface area contributed by atoms with Crippen molar-refractivity contribution >= 4 is 40.4 Å². The van der Waals surface area contributed by atoms with E-state index in [1.54, 1.807) is 28.9 Å². The molecule has 3 aromatic rings. The van der Waals surface area contributed by atoms with Gasteiger partial charge < -0.3 is 10.6 Å². The molecule has 0 unspecified atom stereocenters. The zero-order chi connectivity index (χ0) is 18.7. The Morgan fingerprint density at radius 2 is 1.88 bits per heavy atom. The van der Waals surface area contributed by atoms with E-state index in [1.165, 1.54) is 24.3 Å². The van der Waals surface area contributed by atoms with Crippen molar-refractivity contribution in [1.82, 2.24) is 9.78 Å². The fraction of sp³-hybridized carbons (Fsp3) is 0.111. The first-order chi connectivity index (χ1) is 12.4. The molecule has 8 heteroatoms. The lowest BCUT2D eigenvalue weighted by molar-refractivity contribution is 0.581. The Bertz CT molecular complexity index is 958. The van der Waals surface area contributed by atoms with E-state index in [4.69, 9.17) is 23.8 Å². The fourth-order valence-corrected chi connectivity index (χ4v) is 2.77. The maximum atomic E-state index is 13.8. The Morgan fingerprint density at radius 1 is 1.12 bits per heavy atom. The molecule has 0 saturated heterocycles. The van der Waals surface area contributed by atoms with Gasteiger partial charge in [0.25, 0.3) is 0 Å². The topological polar surface area (TPSA) is 41.9 Å². The van der Waals surface area contributed by atoms with Gasteiger partial charge in [0.2, 0.25) is 0 Å².